The number of pyridine rings is 1. The maximum absolute atomic E-state index is 4.96. The summed E-state index contributed by atoms with van der Waals surface area (Å²) in [7, 11) is 0. The first-order chi connectivity index (χ1) is 15.3. The summed E-state index contributed by atoms with van der Waals surface area (Å²) in [6.45, 7) is 0.932. The molecule has 2 nitrogen and oxygen atoms in total. The summed E-state index contributed by atoms with van der Waals surface area (Å²) >= 11 is 3.46. The highest BCUT2D eigenvalue weighted by molar-refractivity contribution is 7.13. The molecule has 0 saturated heterocycles. The van der Waals surface area contributed by atoms with Gasteiger partial charge in [0.05, 0.1) is 27.2 Å². The highest BCUT2D eigenvalue weighted by atomic mass is 32.1. The van der Waals surface area contributed by atoms with Crippen LogP contribution in [-0.2, 0) is 6.54 Å². The van der Waals surface area contributed by atoms with Gasteiger partial charge in [-0.1, -0.05) is 60.7 Å². The Hall–Kier alpha value is -3.05. The van der Waals surface area contributed by atoms with Crippen LogP contribution < -0.4 is 5.32 Å². The number of benzene rings is 2. The second-order valence-electron chi connectivity index (χ2n) is 7.72. The van der Waals surface area contributed by atoms with Gasteiger partial charge >= 0.3 is 0 Å². The molecule has 0 aliphatic carbocycles. The Labute approximate surface area is 189 Å². The van der Waals surface area contributed by atoms with Crippen molar-refractivity contribution in [3.8, 4) is 32.3 Å². The Morgan fingerprint density at radius 3 is 2.03 bits per heavy atom. The largest absolute Gasteiger partial charge is 0.302 e. The van der Waals surface area contributed by atoms with Gasteiger partial charge in [0.1, 0.15) is 0 Å². The summed E-state index contributed by atoms with van der Waals surface area (Å²) in [5.74, 6) is 0. The molecule has 0 spiro atoms. The molecular formula is C27H20N2S2. The van der Waals surface area contributed by atoms with Gasteiger partial charge in [0, 0.05) is 6.54 Å². The van der Waals surface area contributed by atoms with Gasteiger partial charge < -0.3 is 5.32 Å². The number of hydrogen-bond donors (Lipinski definition) is 1. The van der Waals surface area contributed by atoms with Crippen LogP contribution in [0.25, 0.3) is 32.3 Å². The second kappa shape index (κ2) is 7.89. The summed E-state index contributed by atoms with van der Waals surface area (Å²) < 4.78 is 0. The van der Waals surface area contributed by atoms with E-state index in [1.807, 2.05) is 0 Å². The molecule has 0 fully saturated rings. The molecule has 1 aliphatic heterocycles. The minimum Gasteiger partial charge on any atom is -0.302 e. The summed E-state index contributed by atoms with van der Waals surface area (Å²) in [6.07, 6.45) is 0. The van der Waals surface area contributed by atoms with Gasteiger partial charge in [-0.2, -0.15) is 0 Å². The average molecular weight is 437 g/mol. The zero-order valence-electron chi connectivity index (χ0n) is 16.8. The van der Waals surface area contributed by atoms with Crippen LogP contribution in [0, 0.1) is 0 Å². The van der Waals surface area contributed by atoms with Crippen molar-refractivity contribution in [1.82, 2.24) is 10.3 Å². The van der Waals surface area contributed by atoms with Crippen LogP contribution in [0.3, 0.4) is 0 Å². The average Bonchev–Trinajstić information content (AvgIpc) is 3.61. The molecule has 5 aromatic rings. The van der Waals surface area contributed by atoms with Gasteiger partial charge in [-0.05, 0) is 62.8 Å². The number of nitrogens with one attached hydrogen (secondary N) is 1. The summed E-state index contributed by atoms with van der Waals surface area (Å²) in [4.78, 5) is 7.35. The monoisotopic (exact) mass is 436 g/mol. The minimum atomic E-state index is 0.269. The Bertz CT molecular complexity index is 1270. The molecule has 0 bridgehead atoms. The molecule has 150 valence electrons. The molecule has 6 rings (SSSR count). The Balaban J connectivity index is 1.39. The Morgan fingerprint density at radius 2 is 1.39 bits per heavy atom. The first kappa shape index (κ1) is 18.7. The van der Waals surface area contributed by atoms with E-state index in [4.69, 9.17) is 4.98 Å². The lowest BCUT2D eigenvalue weighted by molar-refractivity contribution is 0.667. The van der Waals surface area contributed by atoms with E-state index >= 15 is 0 Å². The van der Waals surface area contributed by atoms with Crippen molar-refractivity contribution in [1.29, 1.82) is 0 Å². The predicted octanol–water partition coefficient (Wildman–Crippen LogP) is 7.40. The van der Waals surface area contributed by atoms with Crippen LogP contribution >= 0.6 is 22.7 Å². The molecule has 3 aromatic heterocycles. The molecule has 2 aromatic carbocycles. The zero-order valence-corrected chi connectivity index (χ0v) is 18.4. The number of aromatic nitrogens is 1. The molecule has 4 heteroatoms. The summed E-state index contributed by atoms with van der Waals surface area (Å²) in [6, 6.07) is 30.8. The number of thiophene rings is 2. The summed E-state index contributed by atoms with van der Waals surface area (Å²) in [5, 5.41) is 7.86. The molecule has 1 atom stereocenters. The fraction of sp³-hybridized carbons (Fsp3) is 0.0741. The fourth-order valence-corrected chi connectivity index (χ4v) is 5.63. The maximum atomic E-state index is 4.96. The summed E-state index contributed by atoms with van der Waals surface area (Å²) in [5.41, 5.74) is 8.57. The van der Waals surface area contributed by atoms with E-state index in [1.165, 1.54) is 37.6 Å². The number of hydrogen-bond acceptors (Lipinski definition) is 4. The third kappa shape index (κ3) is 3.53. The van der Waals surface area contributed by atoms with Crippen molar-refractivity contribution in [2.24, 2.45) is 0 Å². The Morgan fingerprint density at radius 1 is 0.710 bits per heavy atom. The van der Waals surface area contributed by atoms with Crippen LogP contribution in [0.15, 0.2) is 95.7 Å². The van der Waals surface area contributed by atoms with E-state index in [0.717, 1.165) is 17.9 Å². The van der Waals surface area contributed by atoms with E-state index in [1.54, 1.807) is 22.7 Å². The molecule has 0 saturated carbocycles. The van der Waals surface area contributed by atoms with Crippen molar-refractivity contribution in [2.45, 2.75) is 12.6 Å². The fourth-order valence-electron chi connectivity index (χ4n) is 4.26. The van der Waals surface area contributed by atoms with Crippen molar-refractivity contribution in [3.05, 3.63) is 112 Å². The van der Waals surface area contributed by atoms with E-state index < -0.39 is 0 Å². The van der Waals surface area contributed by atoms with Crippen LogP contribution in [0.5, 0.6) is 0 Å². The smallest absolute Gasteiger partial charge is 0.0815 e. The normalized spacial score (nSPS) is 15.2. The molecule has 4 heterocycles. The van der Waals surface area contributed by atoms with Crippen molar-refractivity contribution >= 4 is 22.7 Å². The lowest BCUT2D eigenvalue weighted by Gasteiger charge is -2.14. The third-order valence-electron chi connectivity index (χ3n) is 5.81. The number of fused-ring (bicyclic) bond motifs is 1. The highest BCUT2D eigenvalue weighted by Crippen LogP contribution is 2.35. The first-order valence-electron chi connectivity index (χ1n) is 10.4. The SMILES string of the molecule is c1csc(-c2cc(-c3ccc(C4NCc5ccccc54)cc3)cc(-c3cccs3)n2)c1. The lowest BCUT2D eigenvalue weighted by atomic mass is 9.96. The van der Waals surface area contributed by atoms with Gasteiger partial charge in [-0.3, -0.25) is 0 Å². The van der Waals surface area contributed by atoms with Gasteiger partial charge in [0.25, 0.3) is 0 Å². The zero-order chi connectivity index (χ0) is 20.6. The molecule has 0 amide bonds. The quantitative estimate of drug-likeness (QED) is 0.317. The van der Waals surface area contributed by atoms with E-state index in [0.29, 0.717) is 0 Å². The molecule has 1 unspecified atom stereocenters. The van der Waals surface area contributed by atoms with Crippen molar-refractivity contribution < 1.29 is 0 Å². The van der Waals surface area contributed by atoms with Gasteiger partial charge in [-0.15, -0.1) is 22.7 Å². The number of nitrogens with zero attached hydrogens (tertiary/aromatic N) is 1. The van der Waals surface area contributed by atoms with Gasteiger partial charge in [0.2, 0.25) is 0 Å². The van der Waals surface area contributed by atoms with Crippen molar-refractivity contribution in [3.63, 3.8) is 0 Å². The molecule has 0 radical (unpaired) electrons. The van der Waals surface area contributed by atoms with Crippen LogP contribution in [0.1, 0.15) is 22.7 Å². The topological polar surface area (TPSA) is 24.9 Å². The Kier molecular flexibility index (Phi) is 4.76. The lowest BCUT2D eigenvalue weighted by Crippen LogP contribution is -2.13. The third-order valence-corrected chi connectivity index (χ3v) is 7.60. The second-order valence-corrected chi connectivity index (χ2v) is 9.61. The molecule has 31 heavy (non-hydrogen) atoms. The van der Waals surface area contributed by atoms with Crippen molar-refractivity contribution in [2.75, 3.05) is 0 Å². The predicted molar refractivity (Wildman–Crippen MR) is 131 cm³/mol. The standard InChI is InChI=1S/C27H20N2S2/c1-2-6-22-20(5-1)17-28-27(22)19-11-9-18(10-12-19)21-15-23(25-7-3-13-30-25)29-24(16-21)26-8-4-14-31-26/h1-16,27-28H,17H2. The van der Waals surface area contributed by atoms with Crippen LogP contribution in [0.4, 0.5) is 0 Å². The van der Waals surface area contributed by atoms with E-state index in [2.05, 4.69) is 101 Å². The highest BCUT2D eigenvalue weighted by Gasteiger charge is 2.22. The molecule has 1 aliphatic rings. The maximum Gasteiger partial charge on any atom is 0.0815 e. The van der Waals surface area contributed by atoms with Crippen LogP contribution in [-0.4, -0.2) is 4.98 Å². The van der Waals surface area contributed by atoms with Crippen LogP contribution in [0.2, 0.25) is 0 Å². The van der Waals surface area contributed by atoms with Gasteiger partial charge in [0.15, 0.2) is 0 Å². The van der Waals surface area contributed by atoms with Gasteiger partial charge in [-0.25, -0.2) is 4.98 Å². The van der Waals surface area contributed by atoms with E-state index in [9.17, 15) is 0 Å². The minimum absolute atomic E-state index is 0.269. The molecule has 1 N–H and O–H groups in total. The first-order valence-corrected chi connectivity index (χ1v) is 12.1. The molecular weight excluding hydrogens is 416 g/mol. The number of rotatable bonds is 4. The van der Waals surface area contributed by atoms with E-state index in [-0.39, 0.29) is 6.04 Å².